The number of aromatic nitrogens is 2. The fourth-order valence-electron chi connectivity index (χ4n) is 3.35. The molecule has 4 heterocycles. The van der Waals surface area contributed by atoms with Gasteiger partial charge in [0.15, 0.2) is 0 Å². The van der Waals surface area contributed by atoms with Crippen LogP contribution in [0.2, 0.25) is 0 Å². The van der Waals surface area contributed by atoms with Gasteiger partial charge >= 0.3 is 0 Å². The van der Waals surface area contributed by atoms with Crippen LogP contribution in [0.1, 0.15) is 30.7 Å². The minimum absolute atomic E-state index is 0.0370. The van der Waals surface area contributed by atoms with Crippen molar-refractivity contribution in [2.45, 2.75) is 39.3 Å². The Balaban J connectivity index is 1.61. The van der Waals surface area contributed by atoms with Crippen molar-refractivity contribution in [2.24, 2.45) is 0 Å². The highest BCUT2D eigenvalue weighted by molar-refractivity contribution is 7.18. The molecule has 0 spiro atoms. The van der Waals surface area contributed by atoms with Crippen molar-refractivity contribution >= 4 is 33.6 Å². The van der Waals surface area contributed by atoms with E-state index in [1.807, 2.05) is 18.3 Å². The number of carbonyl (C=O) groups is 1. The number of thiazole rings is 1. The molecular weight excluding hydrogens is 402 g/mol. The molecule has 3 aromatic rings. The zero-order chi connectivity index (χ0) is 20.2. The van der Waals surface area contributed by atoms with Gasteiger partial charge in [0.25, 0.3) is 0 Å². The van der Waals surface area contributed by atoms with Gasteiger partial charge in [0, 0.05) is 59.3 Å². The van der Waals surface area contributed by atoms with E-state index in [1.54, 1.807) is 28.9 Å². The maximum absolute atomic E-state index is 12.5. The zero-order valence-electron chi connectivity index (χ0n) is 16.6. The molecule has 3 aromatic heterocycles. The number of pyridine rings is 1. The van der Waals surface area contributed by atoms with E-state index >= 15 is 0 Å². The fourth-order valence-corrected chi connectivity index (χ4v) is 5.55. The second-order valence-electron chi connectivity index (χ2n) is 7.32. The minimum Gasteiger partial charge on any atom is -0.317 e. The molecule has 0 saturated heterocycles. The summed E-state index contributed by atoms with van der Waals surface area (Å²) < 4.78 is 0. The van der Waals surface area contributed by atoms with Crippen LogP contribution in [-0.2, 0) is 17.8 Å². The summed E-state index contributed by atoms with van der Waals surface area (Å²) in [4.78, 5) is 22.9. The van der Waals surface area contributed by atoms with E-state index in [0.717, 1.165) is 46.3 Å². The van der Waals surface area contributed by atoms with Crippen molar-refractivity contribution in [1.29, 1.82) is 0 Å². The van der Waals surface area contributed by atoms with E-state index in [1.165, 1.54) is 10.4 Å². The lowest BCUT2D eigenvalue weighted by Gasteiger charge is -2.13. The Labute approximate surface area is 178 Å². The van der Waals surface area contributed by atoms with Gasteiger partial charge < -0.3 is 16.0 Å². The maximum Gasteiger partial charge on any atom is 0.226 e. The highest BCUT2D eigenvalue weighted by Gasteiger charge is 2.25. The Morgan fingerprint density at radius 2 is 2.28 bits per heavy atom. The lowest BCUT2D eigenvalue weighted by atomic mass is 10.0. The van der Waals surface area contributed by atoms with Crippen molar-refractivity contribution < 1.29 is 4.79 Å². The molecule has 0 saturated carbocycles. The number of nitrogens with zero attached hydrogens (tertiary/aromatic N) is 2. The minimum atomic E-state index is 0.0370. The summed E-state index contributed by atoms with van der Waals surface area (Å²) >= 11 is 3.29. The van der Waals surface area contributed by atoms with Gasteiger partial charge in [-0.1, -0.05) is 13.8 Å². The number of anilines is 1. The molecule has 0 fully saturated rings. The predicted octanol–water partition coefficient (Wildman–Crippen LogP) is 3.91. The summed E-state index contributed by atoms with van der Waals surface area (Å²) in [5.74, 6) is 0.0370. The van der Waals surface area contributed by atoms with Gasteiger partial charge in [-0.25, -0.2) is 4.98 Å². The summed E-state index contributed by atoms with van der Waals surface area (Å²) in [6, 6.07) is 4.31. The van der Waals surface area contributed by atoms with E-state index in [2.05, 4.69) is 40.2 Å². The smallest absolute Gasteiger partial charge is 0.226 e. The van der Waals surface area contributed by atoms with Crippen molar-refractivity contribution in [3.05, 3.63) is 40.3 Å². The van der Waals surface area contributed by atoms with Gasteiger partial charge in [-0.2, -0.15) is 0 Å². The number of amides is 1. The number of fused-ring (bicyclic) bond motifs is 1. The highest BCUT2D eigenvalue weighted by atomic mass is 32.1. The van der Waals surface area contributed by atoms with E-state index < -0.39 is 0 Å². The quantitative estimate of drug-likeness (QED) is 0.533. The Morgan fingerprint density at radius 1 is 1.38 bits per heavy atom. The average molecular weight is 428 g/mol. The van der Waals surface area contributed by atoms with E-state index in [0.29, 0.717) is 19.0 Å². The number of nitrogens with one attached hydrogen (secondary N) is 3. The second-order valence-corrected chi connectivity index (χ2v) is 9.28. The molecule has 6 nitrogen and oxygen atoms in total. The number of hydrogen-bond donors (Lipinski definition) is 3. The molecule has 8 heteroatoms. The summed E-state index contributed by atoms with van der Waals surface area (Å²) in [5, 5.41) is 13.8. The summed E-state index contributed by atoms with van der Waals surface area (Å²) in [6.45, 7) is 6.63. The number of thiophene rings is 1. The van der Waals surface area contributed by atoms with Gasteiger partial charge in [-0.3, -0.25) is 9.78 Å². The summed E-state index contributed by atoms with van der Waals surface area (Å²) in [5.41, 5.74) is 4.34. The predicted molar refractivity (Wildman–Crippen MR) is 120 cm³/mol. The van der Waals surface area contributed by atoms with Crippen molar-refractivity contribution in [3.63, 3.8) is 0 Å². The molecule has 1 aliphatic rings. The Bertz CT molecular complexity index is 980. The van der Waals surface area contributed by atoms with Gasteiger partial charge in [-0.15, -0.1) is 22.7 Å². The molecule has 0 aromatic carbocycles. The molecule has 0 aliphatic carbocycles. The first-order chi connectivity index (χ1) is 14.1. The lowest BCUT2D eigenvalue weighted by molar-refractivity contribution is -0.116. The van der Waals surface area contributed by atoms with Gasteiger partial charge in [0.1, 0.15) is 10.0 Å². The standard InChI is InChI=1S/C21H25N5OS2/c1-13(2)24-9-6-18(27)26-21-19(15-5-8-23-11-17(15)29-21)20-25-16(12-28-20)14-4-3-7-22-10-14/h3-4,7,10,12-13,23-24H,5-6,8-9,11H2,1-2H3,(H,26,27). The van der Waals surface area contributed by atoms with Crippen molar-refractivity contribution in [1.82, 2.24) is 20.6 Å². The third-order valence-corrected chi connectivity index (χ3v) is 6.77. The van der Waals surface area contributed by atoms with E-state index in [4.69, 9.17) is 4.98 Å². The molecule has 0 atom stereocenters. The average Bonchev–Trinajstić information content (AvgIpc) is 3.32. The summed E-state index contributed by atoms with van der Waals surface area (Å²) in [6.07, 6.45) is 5.00. The van der Waals surface area contributed by atoms with E-state index in [-0.39, 0.29) is 5.91 Å². The number of hydrogen-bond acceptors (Lipinski definition) is 7. The number of rotatable bonds is 7. The van der Waals surface area contributed by atoms with Crippen LogP contribution in [0.15, 0.2) is 29.9 Å². The molecule has 0 bridgehead atoms. The van der Waals surface area contributed by atoms with Gasteiger partial charge in [-0.05, 0) is 30.7 Å². The Morgan fingerprint density at radius 3 is 3.07 bits per heavy atom. The first-order valence-electron chi connectivity index (χ1n) is 9.86. The molecule has 1 amide bonds. The van der Waals surface area contributed by atoms with Crippen molar-refractivity contribution in [2.75, 3.05) is 18.4 Å². The molecule has 4 rings (SSSR count). The molecule has 29 heavy (non-hydrogen) atoms. The third-order valence-electron chi connectivity index (χ3n) is 4.76. The van der Waals surface area contributed by atoms with Crippen LogP contribution in [0.3, 0.4) is 0 Å². The molecule has 0 unspecified atom stereocenters. The van der Waals surface area contributed by atoms with Gasteiger partial charge in [0.05, 0.1) is 5.69 Å². The highest BCUT2D eigenvalue weighted by Crippen LogP contribution is 2.44. The second kappa shape index (κ2) is 9.13. The van der Waals surface area contributed by atoms with E-state index in [9.17, 15) is 4.79 Å². The SMILES string of the molecule is CC(C)NCCC(=O)Nc1sc2c(c1-c1nc(-c3cccnc3)cs1)CCNC2. The zero-order valence-corrected chi connectivity index (χ0v) is 18.3. The molecule has 0 radical (unpaired) electrons. The molecule has 1 aliphatic heterocycles. The largest absolute Gasteiger partial charge is 0.317 e. The van der Waals surface area contributed by atoms with Crippen LogP contribution in [0.25, 0.3) is 21.8 Å². The van der Waals surface area contributed by atoms with Crippen LogP contribution >= 0.6 is 22.7 Å². The topological polar surface area (TPSA) is 78.9 Å². The van der Waals surface area contributed by atoms with Crippen LogP contribution in [0.4, 0.5) is 5.00 Å². The van der Waals surface area contributed by atoms with Crippen LogP contribution in [0, 0.1) is 0 Å². The first-order valence-corrected chi connectivity index (χ1v) is 11.6. The van der Waals surface area contributed by atoms with Crippen LogP contribution in [0.5, 0.6) is 0 Å². The molecule has 152 valence electrons. The number of carbonyl (C=O) groups excluding carboxylic acids is 1. The normalized spacial score (nSPS) is 13.5. The Kier molecular flexibility index (Phi) is 6.34. The van der Waals surface area contributed by atoms with Crippen LogP contribution in [-0.4, -0.2) is 35.0 Å². The van der Waals surface area contributed by atoms with Gasteiger partial charge in [0.2, 0.25) is 5.91 Å². The summed E-state index contributed by atoms with van der Waals surface area (Å²) in [7, 11) is 0. The van der Waals surface area contributed by atoms with Crippen LogP contribution < -0.4 is 16.0 Å². The maximum atomic E-state index is 12.5. The fraction of sp³-hybridized carbons (Fsp3) is 0.381. The van der Waals surface area contributed by atoms with Crippen molar-refractivity contribution in [3.8, 4) is 21.8 Å². The lowest BCUT2D eigenvalue weighted by Crippen LogP contribution is -2.27. The first kappa shape index (κ1) is 20.2. The Hall–Kier alpha value is -2.13. The third kappa shape index (κ3) is 4.72. The molecular formula is C21H25N5OS2. The molecule has 3 N–H and O–H groups in total. The monoisotopic (exact) mass is 427 g/mol.